The van der Waals surface area contributed by atoms with Crippen LogP contribution >= 0.6 is 0 Å². The van der Waals surface area contributed by atoms with Gasteiger partial charge < -0.3 is 15.6 Å². The molecule has 110 valence electrons. The fourth-order valence-electron chi connectivity index (χ4n) is 2.39. The van der Waals surface area contributed by atoms with Crippen LogP contribution in [0.3, 0.4) is 0 Å². The van der Waals surface area contributed by atoms with Crippen molar-refractivity contribution >= 4 is 17.1 Å². The first-order valence-corrected chi connectivity index (χ1v) is 6.17. The Hall–Kier alpha value is -2.62. The number of azide groups is 1. The summed E-state index contributed by atoms with van der Waals surface area (Å²) >= 11 is 0. The maximum atomic E-state index is 11.7. The molecule has 0 unspecified atom stereocenters. The summed E-state index contributed by atoms with van der Waals surface area (Å²) in [4.78, 5) is 24.8. The van der Waals surface area contributed by atoms with Gasteiger partial charge in [-0.15, -0.1) is 0 Å². The summed E-state index contributed by atoms with van der Waals surface area (Å²) in [6.07, 6.45) is 0.595. The van der Waals surface area contributed by atoms with Crippen molar-refractivity contribution in [2.24, 2.45) is 5.11 Å². The van der Waals surface area contributed by atoms with Crippen molar-refractivity contribution in [1.82, 2.24) is 19.5 Å². The Morgan fingerprint density at radius 3 is 3.24 bits per heavy atom. The lowest BCUT2D eigenvalue weighted by Gasteiger charge is -2.13. The van der Waals surface area contributed by atoms with E-state index in [2.05, 4.69) is 25.0 Å². The smallest absolute Gasteiger partial charge is 0.280 e. The SMILES string of the molecule is [N-]=[N+]=N[C@H]1C[C@H](n2cnc3c(=O)[nH]c(N)nc32)O[C@@H]1CO. The van der Waals surface area contributed by atoms with Gasteiger partial charge in [-0.3, -0.25) is 14.3 Å². The zero-order valence-corrected chi connectivity index (χ0v) is 10.7. The van der Waals surface area contributed by atoms with Gasteiger partial charge in [0, 0.05) is 11.3 Å². The van der Waals surface area contributed by atoms with Crippen molar-refractivity contribution in [3.8, 4) is 0 Å². The molecule has 11 heteroatoms. The first-order valence-electron chi connectivity index (χ1n) is 6.17. The summed E-state index contributed by atoms with van der Waals surface area (Å²) in [6, 6.07) is -0.498. The number of aliphatic hydroxyl groups is 1. The molecule has 1 fully saturated rings. The third-order valence-corrected chi connectivity index (χ3v) is 3.34. The molecule has 0 radical (unpaired) electrons. The second-order valence-corrected chi connectivity index (χ2v) is 4.59. The first-order chi connectivity index (χ1) is 10.1. The number of nitrogen functional groups attached to an aromatic ring is 1. The molecule has 3 heterocycles. The third-order valence-electron chi connectivity index (χ3n) is 3.34. The minimum absolute atomic E-state index is 0.0300. The molecule has 21 heavy (non-hydrogen) atoms. The van der Waals surface area contributed by atoms with Gasteiger partial charge in [-0.1, -0.05) is 5.11 Å². The Labute approximate surface area is 117 Å². The number of imidazole rings is 1. The summed E-state index contributed by atoms with van der Waals surface area (Å²) in [5.74, 6) is -0.0300. The Bertz CT molecular complexity index is 776. The van der Waals surface area contributed by atoms with Crippen molar-refractivity contribution in [1.29, 1.82) is 0 Å². The molecule has 2 aromatic heterocycles. The van der Waals surface area contributed by atoms with E-state index in [-0.39, 0.29) is 23.7 Å². The number of ether oxygens (including phenoxy) is 1. The Kier molecular flexibility index (Phi) is 3.22. The van der Waals surface area contributed by atoms with Crippen molar-refractivity contribution in [3.05, 3.63) is 27.1 Å². The van der Waals surface area contributed by atoms with Crippen LogP contribution in [0, 0.1) is 0 Å². The number of nitrogens with one attached hydrogen (secondary N) is 1. The highest BCUT2D eigenvalue weighted by atomic mass is 16.5. The quantitative estimate of drug-likeness (QED) is 0.397. The Morgan fingerprint density at radius 1 is 1.71 bits per heavy atom. The van der Waals surface area contributed by atoms with Crippen LogP contribution in [0.25, 0.3) is 21.6 Å². The number of H-pyrrole nitrogens is 1. The van der Waals surface area contributed by atoms with Gasteiger partial charge in [-0.05, 0) is 5.53 Å². The molecular weight excluding hydrogens is 280 g/mol. The molecule has 1 saturated heterocycles. The van der Waals surface area contributed by atoms with Crippen LogP contribution in [-0.2, 0) is 4.74 Å². The number of rotatable bonds is 3. The number of fused-ring (bicyclic) bond motifs is 1. The lowest BCUT2D eigenvalue weighted by atomic mass is 10.1. The molecule has 1 aliphatic heterocycles. The van der Waals surface area contributed by atoms with Crippen molar-refractivity contribution in [2.75, 3.05) is 12.3 Å². The standard InChI is InChI=1S/C10H12N8O3/c11-10-14-8-7(9(20)15-10)13-3-18(8)6-1-4(16-17-12)5(2-19)21-6/h3-6,19H,1-2H2,(H3,11,14,15,20)/t4-,5+,6+/m0/s1. The van der Waals surface area contributed by atoms with E-state index in [9.17, 15) is 9.90 Å². The van der Waals surface area contributed by atoms with E-state index in [4.69, 9.17) is 16.0 Å². The minimum atomic E-state index is -0.609. The summed E-state index contributed by atoms with van der Waals surface area (Å²) in [5.41, 5.74) is 14.0. The van der Waals surface area contributed by atoms with Crippen LogP contribution in [0.5, 0.6) is 0 Å². The van der Waals surface area contributed by atoms with Crippen LogP contribution in [-0.4, -0.2) is 43.4 Å². The molecule has 1 aliphatic rings. The van der Waals surface area contributed by atoms with Crippen LogP contribution in [0.2, 0.25) is 0 Å². The maximum Gasteiger partial charge on any atom is 0.280 e. The molecule has 4 N–H and O–H groups in total. The summed E-state index contributed by atoms with van der Waals surface area (Å²) in [5, 5.41) is 12.9. The second-order valence-electron chi connectivity index (χ2n) is 4.59. The lowest BCUT2D eigenvalue weighted by Crippen LogP contribution is -2.23. The normalized spacial score (nSPS) is 25.1. The van der Waals surface area contributed by atoms with Gasteiger partial charge in [0.1, 0.15) is 6.23 Å². The number of hydrogen-bond acceptors (Lipinski definition) is 7. The topological polar surface area (TPSA) is 168 Å². The molecule has 0 bridgehead atoms. The van der Waals surface area contributed by atoms with Crippen LogP contribution < -0.4 is 11.3 Å². The number of anilines is 1. The molecule has 3 rings (SSSR count). The predicted molar refractivity (Wildman–Crippen MR) is 71.1 cm³/mol. The second kappa shape index (κ2) is 5.05. The van der Waals surface area contributed by atoms with E-state index in [0.29, 0.717) is 6.42 Å². The number of aliphatic hydroxyl groups excluding tert-OH is 1. The third kappa shape index (κ3) is 2.18. The molecule has 0 saturated carbocycles. The number of hydrogen-bond donors (Lipinski definition) is 3. The molecule has 11 nitrogen and oxygen atoms in total. The van der Waals surface area contributed by atoms with Gasteiger partial charge in [-0.25, -0.2) is 4.98 Å². The van der Waals surface area contributed by atoms with Gasteiger partial charge in [-0.2, -0.15) is 4.98 Å². The Morgan fingerprint density at radius 2 is 2.52 bits per heavy atom. The van der Waals surface area contributed by atoms with Crippen LogP contribution in [0.4, 0.5) is 5.95 Å². The number of nitrogens with two attached hydrogens (primary N) is 1. The van der Waals surface area contributed by atoms with Crippen molar-refractivity contribution < 1.29 is 9.84 Å². The average Bonchev–Trinajstić information content (AvgIpc) is 3.02. The summed E-state index contributed by atoms with van der Waals surface area (Å²) in [7, 11) is 0. The lowest BCUT2D eigenvalue weighted by molar-refractivity contribution is -0.0232. The van der Waals surface area contributed by atoms with Gasteiger partial charge in [0.05, 0.1) is 25.1 Å². The van der Waals surface area contributed by atoms with Gasteiger partial charge in [0.15, 0.2) is 11.2 Å². The molecule has 3 atom stereocenters. The van der Waals surface area contributed by atoms with Crippen molar-refractivity contribution in [3.63, 3.8) is 0 Å². The number of aromatic nitrogens is 4. The van der Waals surface area contributed by atoms with Crippen molar-refractivity contribution in [2.45, 2.75) is 24.8 Å². The highest BCUT2D eigenvalue weighted by Crippen LogP contribution is 2.32. The average molecular weight is 292 g/mol. The fraction of sp³-hybridized carbons (Fsp3) is 0.500. The highest BCUT2D eigenvalue weighted by molar-refractivity contribution is 5.70. The van der Waals surface area contributed by atoms with E-state index in [0.717, 1.165) is 0 Å². The van der Waals surface area contributed by atoms with Gasteiger partial charge >= 0.3 is 0 Å². The van der Waals surface area contributed by atoms with Crippen LogP contribution in [0.15, 0.2) is 16.2 Å². The van der Waals surface area contributed by atoms with Gasteiger partial charge in [0.2, 0.25) is 5.95 Å². The zero-order chi connectivity index (χ0) is 15.0. The molecule has 0 amide bonds. The highest BCUT2D eigenvalue weighted by Gasteiger charge is 2.36. The van der Waals surface area contributed by atoms with E-state index < -0.39 is 23.9 Å². The van der Waals surface area contributed by atoms with E-state index in [1.807, 2.05) is 0 Å². The van der Waals surface area contributed by atoms with Gasteiger partial charge in [0.25, 0.3) is 5.56 Å². The first kappa shape index (κ1) is 13.4. The predicted octanol–water partition coefficient (Wildman–Crippen LogP) is -0.340. The number of nitrogens with zero attached hydrogens (tertiary/aromatic N) is 6. The maximum absolute atomic E-state index is 11.7. The molecule has 0 spiro atoms. The molecular formula is C10H12N8O3. The molecule has 2 aromatic rings. The van der Waals surface area contributed by atoms with E-state index in [1.54, 1.807) is 0 Å². The summed E-state index contributed by atoms with van der Waals surface area (Å²) < 4.78 is 7.16. The Balaban J connectivity index is 2.02. The van der Waals surface area contributed by atoms with Crippen LogP contribution in [0.1, 0.15) is 12.6 Å². The monoisotopic (exact) mass is 292 g/mol. The molecule has 0 aromatic carbocycles. The van der Waals surface area contributed by atoms with E-state index in [1.165, 1.54) is 10.9 Å². The minimum Gasteiger partial charge on any atom is -0.394 e. The zero-order valence-electron chi connectivity index (χ0n) is 10.7. The largest absolute Gasteiger partial charge is 0.394 e. The summed E-state index contributed by atoms with van der Waals surface area (Å²) in [6.45, 7) is -0.275. The number of aromatic amines is 1. The fourth-order valence-corrected chi connectivity index (χ4v) is 2.39. The van der Waals surface area contributed by atoms with E-state index >= 15 is 0 Å². The molecule has 0 aliphatic carbocycles.